The minimum Gasteiger partial charge on any atom is -0.355 e. The van der Waals surface area contributed by atoms with Gasteiger partial charge in [0.15, 0.2) is 10.7 Å². The zero-order valence-corrected chi connectivity index (χ0v) is 22.8. The van der Waals surface area contributed by atoms with Crippen molar-refractivity contribution in [1.29, 1.82) is 0 Å². The van der Waals surface area contributed by atoms with Crippen LogP contribution in [0.4, 0.5) is 4.39 Å². The fourth-order valence-electron chi connectivity index (χ4n) is 6.04. The molecule has 0 aliphatic carbocycles. The third-order valence-corrected chi connectivity index (χ3v) is 10.3. The van der Waals surface area contributed by atoms with Crippen LogP contribution in [0.1, 0.15) is 62.0 Å². The molecule has 0 atom stereocenters. The Labute approximate surface area is 224 Å². The van der Waals surface area contributed by atoms with Crippen molar-refractivity contribution in [2.24, 2.45) is 5.92 Å². The predicted molar refractivity (Wildman–Crippen MR) is 143 cm³/mol. The van der Waals surface area contributed by atoms with Crippen LogP contribution in [0.3, 0.4) is 0 Å². The topological polar surface area (TPSA) is 87.0 Å². The highest BCUT2D eigenvalue weighted by molar-refractivity contribution is 7.89. The molecule has 0 unspecified atom stereocenters. The highest BCUT2D eigenvalue weighted by Gasteiger charge is 2.38. The highest BCUT2D eigenvalue weighted by Crippen LogP contribution is 2.31. The van der Waals surface area contributed by atoms with E-state index in [1.165, 1.54) is 54.9 Å². The Morgan fingerprint density at radius 2 is 1.66 bits per heavy atom. The first kappa shape index (κ1) is 27.0. The maximum atomic E-state index is 14.0. The Balaban J connectivity index is 1.19. The summed E-state index contributed by atoms with van der Waals surface area (Å²) < 4.78 is 47.8. The Hall–Kier alpha value is -2.56. The molecule has 3 aliphatic rings. The smallest absolute Gasteiger partial charge is 0.248 e. The summed E-state index contributed by atoms with van der Waals surface area (Å²) in [4.78, 5) is 17.8. The van der Waals surface area contributed by atoms with Crippen LogP contribution in [-0.4, -0.2) is 78.9 Å². The summed E-state index contributed by atoms with van der Waals surface area (Å²) in [7, 11) is -3.89. The Bertz CT molecular complexity index is 1260. The van der Waals surface area contributed by atoms with Crippen LogP contribution in [-0.2, 0) is 14.8 Å². The molecule has 38 heavy (non-hydrogen) atoms. The minimum absolute atomic E-state index is 0.00495. The molecule has 3 aliphatic heterocycles. The summed E-state index contributed by atoms with van der Waals surface area (Å²) in [6.45, 7) is 6.05. The number of carbonyl (C=O) groups excluding carboxylic acids is 1. The molecule has 1 amide bonds. The summed E-state index contributed by atoms with van der Waals surface area (Å²) >= 11 is 0. The number of piperidine rings is 3. The number of aromatic nitrogens is 1. The van der Waals surface area contributed by atoms with Crippen LogP contribution in [0.5, 0.6) is 0 Å². The third kappa shape index (κ3) is 5.72. The van der Waals surface area contributed by atoms with Gasteiger partial charge in [0.25, 0.3) is 0 Å². The second-order valence-corrected chi connectivity index (χ2v) is 12.5. The van der Waals surface area contributed by atoms with Gasteiger partial charge in [0.05, 0.1) is 0 Å². The van der Waals surface area contributed by atoms with Crippen molar-refractivity contribution in [3.05, 3.63) is 47.1 Å². The second-order valence-electron chi connectivity index (χ2n) is 10.6. The van der Waals surface area contributed by atoms with Crippen LogP contribution < -0.4 is 0 Å². The molecule has 0 spiro atoms. The van der Waals surface area contributed by atoms with E-state index in [-0.39, 0.29) is 41.3 Å². The zero-order valence-electron chi connectivity index (χ0n) is 22.0. The number of halogens is 1. The number of carbonyl (C=O) groups is 1. The fourth-order valence-corrected chi connectivity index (χ4v) is 7.76. The van der Waals surface area contributed by atoms with Crippen molar-refractivity contribution in [1.82, 2.24) is 19.3 Å². The van der Waals surface area contributed by atoms with Gasteiger partial charge in [-0.1, -0.05) is 29.8 Å². The zero-order chi connectivity index (χ0) is 26.7. The molecule has 1 aromatic carbocycles. The van der Waals surface area contributed by atoms with Crippen LogP contribution in [0.2, 0.25) is 0 Å². The number of sulfonamides is 1. The van der Waals surface area contributed by atoms with Crippen LogP contribution in [0.15, 0.2) is 33.7 Å². The summed E-state index contributed by atoms with van der Waals surface area (Å²) in [5, 5.41) is 3.87. The van der Waals surface area contributed by atoms with Crippen LogP contribution in [0, 0.1) is 18.7 Å². The summed E-state index contributed by atoms with van der Waals surface area (Å²) in [6.07, 6.45) is 9.83. The van der Waals surface area contributed by atoms with Crippen molar-refractivity contribution in [3.63, 3.8) is 0 Å². The van der Waals surface area contributed by atoms with E-state index < -0.39 is 15.8 Å². The standard InChI is InChI=1S/C28H37FN4O4S/c1-21-27(26(37-30-21)10-9-22-7-3-4-8-25(22)29)38(35,36)33-19-11-23(12-20-33)28(34)32-17-13-24(14-18-32)31-15-5-2-6-16-31/h3-4,7-10,23-24H,2,5-6,11-20H2,1H3/b10-9+. The number of nitrogens with zero attached hydrogens (tertiary/aromatic N) is 4. The van der Waals surface area contributed by atoms with Gasteiger partial charge in [-0.15, -0.1) is 0 Å². The van der Waals surface area contributed by atoms with Gasteiger partial charge in [-0.05, 0) is 76.8 Å². The van der Waals surface area contributed by atoms with E-state index in [9.17, 15) is 17.6 Å². The SMILES string of the molecule is Cc1noc(/C=C/c2ccccc2F)c1S(=O)(=O)N1CCC(C(=O)N2CCC(N3CCCCC3)CC2)CC1. The van der Waals surface area contributed by atoms with E-state index in [0.29, 0.717) is 24.4 Å². The first-order valence-electron chi connectivity index (χ1n) is 13.8. The molecule has 1 aromatic heterocycles. The Morgan fingerprint density at radius 1 is 0.974 bits per heavy atom. The van der Waals surface area contributed by atoms with Gasteiger partial charge in [0, 0.05) is 43.7 Å². The fraction of sp³-hybridized carbons (Fsp3) is 0.571. The number of aryl methyl sites for hydroxylation is 1. The second kappa shape index (κ2) is 11.7. The van der Waals surface area contributed by atoms with E-state index >= 15 is 0 Å². The molecule has 5 rings (SSSR count). The number of hydrogen-bond acceptors (Lipinski definition) is 6. The van der Waals surface area contributed by atoms with E-state index in [0.717, 1.165) is 25.9 Å². The maximum Gasteiger partial charge on any atom is 0.248 e. The molecule has 0 radical (unpaired) electrons. The normalized spacial score (nSPS) is 21.4. The lowest BCUT2D eigenvalue weighted by atomic mass is 9.94. The molecular weight excluding hydrogens is 507 g/mol. The first-order chi connectivity index (χ1) is 18.3. The molecule has 10 heteroatoms. The van der Waals surface area contributed by atoms with Crippen molar-refractivity contribution >= 4 is 28.1 Å². The molecule has 8 nitrogen and oxygen atoms in total. The van der Waals surface area contributed by atoms with Crippen molar-refractivity contribution in [2.45, 2.75) is 62.8 Å². The van der Waals surface area contributed by atoms with E-state index in [2.05, 4.69) is 10.1 Å². The highest BCUT2D eigenvalue weighted by atomic mass is 32.2. The summed E-state index contributed by atoms with van der Waals surface area (Å²) in [6, 6.07) is 6.81. The Morgan fingerprint density at radius 3 is 2.34 bits per heavy atom. The molecular formula is C28H37FN4O4S. The molecule has 2 aromatic rings. The lowest BCUT2D eigenvalue weighted by Crippen LogP contribution is -2.50. The molecule has 3 saturated heterocycles. The number of likely N-dealkylation sites (tertiary alicyclic amines) is 2. The van der Waals surface area contributed by atoms with Crippen molar-refractivity contribution < 1.29 is 22.1 Å². The lowest BCUT2D eigenvalue weighted by Gasteiger charge is -2.41. The molecule has 0 bridgehead atoms. The first-order valence-corrected chi connectivity index (χ1v) is 15.2. The Kier molecular flexibility index (Phi) is 8.30. The van der Waals surface area contributed by atoms with Gasteiger partial charge in [-0.25, -0.2) is 12.8 Å². The molecule has 4 heterocycles. The molecule has 3 fully saturated rings. The molecule has 206 valence electrons. The van der Waals surface area contributed by atoms with Crippen LogP contribution >= 0.6 is 0 Å². The maximum absolute atomic E-state index is 14.0. The number of benzene rings is 1. The summed E-state index contributed by atoms with van der Waals surface area (Å²) in [5.74, 6) is -0.335. The molecule has 0 N–H and O–H groups in total. The monoisotopic (exact) mass is 544 g/mol. The quantitative estimate of drug-likeness (QED) is 0.543. The largest absolute Gasteiger partial charge is 0.355 e. The predicted octanol–water partition coefficient (Wildman–Crippen LogP) is 4.17. The van der Waals surface area contributed by atoms with Crippen molar-refractivity contribution in [2.75, 3.05) is 39.3 Å². The molecule has 0 saturated carbocycles. The van der Waals surface area contributed by atoms with Gasteiger partial charge >= 0.3 is 0 Å². The summed E-state index contributed by atoms with van der Waals surface area (Å²) in [5.41, 5.74) is 0.581. The number of amides is 1. The van der Waals surface area contributed by atoms with Gasteiger partial charge in [-0.2, -0.15) is 4.31 Å². The lowest BCUT2D eigenvalue weighted by molar-refractivity contribution is -0.138. The number of hydrogen-bond donors (Lipinski definition) is 0. The number of rotatable bonds is 6. The van der Waals surface area contributed by atoms with Gasteiger partial charge < -0.3 is 14.3 Å². The van der Waals surface area contributed by atoms with E-state index in [4.69, 9.17) is 4.52 Å². The van der Waals surface area contributed by atoms with Gasteiger partial charge in [0.1, 0.15) is 11.5 Å². The third-order valence-electron chi connectivity index (χ3n) is 8.24. The average Bonchev–Trinajstić information content (AvgIpc) is 3.34. The van der Waals surface area contributed by atoms with Crippen molar-refractivity contribution in [3.8, 4) is 0 Å². The van der Waals surface area contributed by atoms with Crippen LogP contribution in [0.25, 0.3) is 12.2 Å². The van der Waals surface area contributed by atoms with E-state index in [1.54, 1.807) is 25.1 Å². The van der Waals surface area contributed by atoms with E-state index in [1.807, 2.05) is 4.90 Å². The van der Waals surface area contributed by atoms with Gasteiger partial charge in [0.2, 0.25) is 15.9 Å². The average molecular weight is 545 g/mol. The minimum atomic E-state index is -3.89. The van der Waals surface area contributed by atoms with Gasteiger partial charge in [-0.3, -0.25) is 4.79 Å².